The Labute approximate surface area is 169 Å². The van der Waals surface area contributed by atoms with Gasteiger partial charge in [0.25, 0.3) is 5.91 Å². The predicted molar refractivity (Wildman–Crippen MR) is 114 cm³/mol. The molecule has 0 aliphatic rings. The van der Waals surface area contributed by atoms with Crippen molar-refractivity contribution in [2.75, 3.05) is 17.7 Å². The summed E-state index contributed by atoms with van der Waals surface area (Å²) in [5, 5.41) is 6.10. The molecule has 0 saturated carbocycles. The summed E-state index contributed by atoms with van der Waals surface area (Å²) >= 11 is 0. The molecule has 6 nitrogen and oxygen atoms in total. The summed E-state index contributed by atoms with van der Waals surface area (Å²) in [5.41, 5.74) is 5.75. The lowest BCUT2D eigenvalue weighted by molar-refractivity contribution is 0.0600. The molecule has 0 unspecified atom stereocenters. The fraction of sp³-hybridized carbons (Fsp3) is 0.174. The minimum absolute atomic E-state index is 0.207. The van der Waals surface area contributed by atoms with Crippen LogP contribution < -0.4 is 10.6 Å². The molecule has 29 heavy (non-hydrogen) atoms. The molecule has 1 aromatic heterocycles. The summed E-state index contributed by atoms with van der Waals surface area (Å²) in [6.45, 7) is 5.99. The predicted octanol–water partition coefficient (Wildman–Crippen LogP) is 4.79. The number of hydrogen-bond acceptors (Lipinski definition) is 5. The number of rotatable bonds is 5. The minimum atomic E-state index is -0.385. The van der Waals surface area contributed by atoms with Crippen LogP contribution in [0.3, 0.4) is 0 Å². The van der Waals surface area contributed by atoms with Gasteiger partial charge < -0.3 is 15.4 Å². The van der Waals surface area contributed by atoms with E-state index in [0.717, 1.165) is 28.1 Å². The van der Waals surface area contributed by atoms with E-state index in [2.05, 4.69) is 20.4 Å². The Kier molecular flexibility index (Phi) is 5.93. The highest BCUT2D eigenvalue weighted by molar-refractivity contribution is 6.05. The molecule has 6 heteroatoms. The number of methoxy groups -OCH3 is 1. The van der Waals surface area contributed by atoms with Crippen LogP contribution in [0.25, 0.3) is 0 Å². The third-order valence-electron chi connectivity index (χ3n) is 4.52. The number of aromatic nitrogens is 1. The molecule has 3 rings (SSSR count). The fourth-order valence-corrected chi connectivity index (χ4v) is 3.12. The van der Waals surface area contributed by atoms with Gasteiger partial charge in [-0.25, -0.2) is 9.78 Å². The zero-order chi connectivity index (χ0) is 21.0. The summed E-state index contributed by atoms with van der Waals surface area (Å²) in [6.07, 6.45) is 1.53. The SMILES string of the molecule is COC(=O)c1ccc(Nc2ccc(C(=O)Nc3c(C)cc(C)cc3C)cn2)cc1. The van der Waals surface area contributed by atoms with Crippen LogP contribution in [0.4, 0.5) is 17.2 Å². The molecule has 2 N–H and O–H groups in total. The van der Waals surface area contributed by atoms with Gasteiger partial charge in [0, 0.05) is 17.6 Å². The van der Waals surface area contributed by atoms with E-state index in [1.165, 1.54) is 13.3 Å². The van der Waals surface area contributed by atoms with E-state index in [-0.39, 0.29) is 11.9 Å². The van der Waals surface area contributed by atoms with Crippen LogP contribution in [0, 0.1) is 20.8 Å². The molecule has 148 valence electrons. The van der Waals surface area contributed by atoms with E-state index in [1.807, 2.05) is 32.9 Å². The summed E-state index contributed by atoms with van der Waals surface area (Å²) in [6, 6.07) is 14.4. The number of amides is 1. The van der Waals surface area contributed by atoms with Gasteiger partial charge in [-0.3, -0.25) is 4.79 Å². The molecule has 2 aromatic carbocycles. The summed E-state index contributed by atoms with van der Waals surface area (Å²) in [7, 11) is 1.34. The smallest absolute Gasteiger partial charge is 0.337 e. The third kappa shape index (κ3) is 4.79. The average Bonchev–Trinajstić information content (AvgIpc) is 2.71. The standard InChI is InChI=1S/C23H23N3O3/c1-14-11-15(2)21(16(3)12-14)26-22(27)18-7-10-20(24-13-18)25-19-8-5-17(6-9-19)23(28)29-4/h5-13H,1-4H3,(H,24,25)(H,26,27). The highest BCUT2D eigenvalue weighted by Crippen LogP contribution is 2.23. The maximum absolute atomic E-state index is 12.6. The molecular formula is C23H23N3O3. The first-order valence-electron chi connectivity index (χ1n) is 9.18. The number of nitrogens with zero attached hydrogens (tertiary/aromatic N) is 1. The number of hydrogen-bond donors (Lipinski definition) is 2. The molecule has 0 saturated heterocycles. The second-order valence-electron chi connectivity index (χ2n) is 6.85. The molecule has 0 aliphatic heterocycles. The van der Waals surface area contributed by atoms with Crippen molar-refractivity contribution in [1.82, 2.24) is 4.98 Å². The average molecular weight is 389 g/mol. The van der Waals surface area contributed by atoms with Crippen molar-refractivity contribution >= 4 is 29.1 Å². The van der Waals surface area contributed by atoms with E-state index in [1.54, 1.807) is 36.4 Å². The number of carbonyl (C=O) groups is 2. The second kappa shape index (κ2) is 8.56. The second-order valence-corrected chi connectivity index (χ2v) is 6.85. The van der Waals surface area contributed by atoms with E-state index in [9.17, 15) is 9.59 Å². The number of aryl methyl sites for hydroxylation is 3. The molecule has 0 radical (unpaired) electrons. The molecule has 1 heterocycles. The quantitative estimate of drug-likeness (QED) is 0.613. The number of carbonyl (C=O) groups excluding carboxylic acids is 2. The fourth-order valence-electron chi connectivity index (χ4n) is 3.12. The maximum atomic E-state index is 12.6. The molecule has 0 atom stereocenters. The van der Waals surface area contributed by atoms with Crippen LogP contribution in [0.15, 0.2) is 54.7 Å². The van der Waals surface area contributed by atoms with Crippen molar-refractivity contribution in [3.63, 3.8) is 0 Å². The van der Waals surface area contributed by atoms with Crippen LogP contribution in [-0.4, -0.2) is 24.0 Å². The lowest BCUT2D eigenvalue weighted by Crippen LogP contribution is -2.14. The van der Waals surface area contributed by atoms with Crippen LogP contribution in [-0.2, 0) is 4.74 Å². The zero-order valence-corrected chi connectivity index (χ0v) is 16.9. The lowest BCUT2D eigenvalue weighted by atomic mass is 10.0. The van der Waals surface area contributed by atoms with E-state index >= 15 is 0 Å². The largest absolute Gasteiger partial charge is 0.465 e. The van der Waals surface area contributed by atoms with E-state index < -0.39 is 0 Å². The number of nitrogens with one attached hydrogen (secondary N) is 2. The first kappa shape index (κ1) is 20.1. The normalized spacial score (nSPS) is 10.3. The van der Waals surface area contributed by atoms with Gasteiger partial charge >= 0.3 is 5.97 Å². The lowest BCUT2D eigenvalue weighted by Gasteiger charge is -2.13. The first-order chi connectivity index (χ1) is 13.9. The minimum Gasteiger partial charge on any atom is -0.465 e. The van der Waals surface area contributed by atoms with Crippen molar-refractivity contribution in [1.29, 1.82) is 0 Å². The van der Waals surface area contributed by atoms with Gasteiger partial charge in [-0.05, 0) is 68.3 Å². The van der Waals surface area contributed by atoms with Gasteiger partial charge in [0.05, 0.1) is 18.2 Å². The Morgan fingerprint density at radius 2 is 1.52 bits per heavy atom. The van der Waals surface area contributed by atoms with Crippen molar-refractivity contribution < 1.29 is 14.3 Å². The highest BCUT2D eigenvalue weighted by Gasteiger charge is 2.11. The summed E-state index contributed by atoms with van der Waals surface area (Å²) in [4.78, 5) is 28.4. The van der Waals surface area contributed by atoms with Crippen LogP contribution in [0.1, 0.15) is 37.4 Å². The Balaban J connectivity index is 1.68. The van der Waals surface area contributed by atoms with Gasteiger partial charge in [0.15, 0.2) is 0 Å². The molecule has 3 aromatic rings. The van der Waals surface area contributed by atoms with E-state index in [0.29, 0.717) is 16.9 Å². The number of anilines is 3. The van der Waals surface area contributed by atoms with Crippen LogP contribution in [0.5, 0.6) is 0 Å². The Morgan fingerprint density at radius 3 is 2.07 bits per heavy atom. The number of ether oxygens (including phenoxy) is 1. The Bertz CT molecular complexity index is 1020. The summed E-state index contributed by atoms with van der Waals surface area (Å²) < 4.78 is 4.68. The zero-order valence-electron chi connectivity index (χ0n) is 16.9. The van der Waals surface area contributed by atoms with E-state index in [4.69, 9.17) is 0 Å². The van der Waals surface area contributed by atoms with Crippen LogP contribution in [0.2, 0.25) is 0 Å². The van der Waals surface area contributed by atoms with Crippen molar-refractivity contribution in [3.8, 4) is 0 Å². The monoisotopic (exact) mass is 389 g/mol. The van der Waals surface area contributed by atoms with Crippen LogP contribution >= 0.6 is 0 Å². The van der Waals surface area contributed by atoms with Gasteiger partial charge in [0.1, 0.15) is 5.82 Å². The van der Waals surface area contributed by atoms with Gasteiger partial charge in [0.2, 0.25) is 0 Å². The molecule has 0 aliphatic carbocycles. The van der Waals surface area contributed by atoms with Gasteiger partial charge in [-0.2, -0.15) is 0 Å². The molecule has 0 fully saturated rings. The Morgan fingerprint density at radius 1 is 0.897 bits per heavy atom. The Hall–Kier alpha value is -3.67. The first-order valence-corrected chi connectivity index (χ1v) is 9.18. The van der Waals surface area contributed by atoms with Crippen molar-refractivity contribution in [2.45, 2.75) is 20.8 Å². The van der Waals surface area contributed by atoms with Gasteiger partial charge in [-0.15, -0.1) is 0 Å². The van der Waals surface area contributed by atoms with Crippen molar-refractivity contribution in [3.05, 3.63) is 82.5 Å². The molecule has 1 amide bonds. The molecule has 0 spiro atoms. The molecular weight excluding hydrogens is 366 g/mol. The summed E-state index contributed by atoms with van der Waals surface area (Å²) in [5.74, 6) is 0.000638. The van der Waals surface area contributed by atoms with Crippen molar-refractivity contribution in [2.24, 2.45) is 0 Å². The number of benzene rings is 2. The third-order valence-corrected chi connectivity index (χ3v) is 4.52. The van der Waals surface area contributed by atoms with Gasteiger partial charge in [-0.1, -0.05) is 17.7 Å². The topological polar surface area (TPSA) is 80.3 Å². The highest BCUT2D eigenvalue weighted by atomic mass is 16.5. The number of pyridine rings is 1. The number of esters is 1. The molecule has 0 bridgehead atoms. The maximum Gasteiger partial charge on any atom is 0.337 e.